The smallest absolute Gasteiger partial charge is 0.320 e. The number of methoxy groups -OCH3 is 1. The monoisotopic (exact) mass is 375 g/mol. The summed E-state index contributed by atoms with van der Waals surface area (Å²) in [6.07, 6.45) is 4.84. The third-order valence-corrected chi connectivity index (χ3v) is 4.86. The molecule has 1 unspecified atom stereocenters. The lowest BCUT2D eigenvalue weighted by atomic mass is 9.95. The fourth-order valence-corrected chi connectivity index (χ4v) is 3.45. The molecule has 27 heavy (non-hydrogen) atoms. The Morgan fingerprint density at radius 1 is 1.37 bits per heavy atom. The number of nitrogens with two attached hydrogens (primary N) is 1. The van der Waals surface area contributed by atoms with Crippen LogP contribution in [-0.2, 0) is 11.3 Å². The van der Waals surface area contributed by atoms with Crippen molar-refractivity contribution in [3.8, 4) is 12.0 Å². The van der Waals surface area contributed by atoms with Crippen LogP contribution < -0.4 is 15.2 Å². The summed E-state index contributed by atoms with van der Waals surface area (Å²) in [6, 6.07) is 0.764. The molecule has 2 aromatic heterocycles. The van der Waals surface area contributed by atoms with E-state index in [1.54, 1.807) is 7.11 Å². The van der Waals surface area contributed by atoms with Gasteiger partial charge < -0.3 is 19.9 Å². The summed E-state index contributed by atoms with van der Waals surface area (Å²) in [4.78, 5) is 13.3. The van der Waals surface area contributed by atoms with Gasteiger partial charge in [-0.05, 0) is 32.1 Å². The number of allylic oxidation sites excluding steroid dienone is 1. The summed E-state index contributed by atoms with van der Waals surface area (Å²) in [5.41, 5.74) is 7.29. The maximum atomic E-state index is 6.11. The summed E-state index contributed by atoms with van der Waals surface area (Å²) in [6.45, 7) is 9.51. The maximum absolute atomic E-state index is 6.11. The number of aromatic nitrogens is 4. The van der Waals surface area contributed by atoms with Crippen LogP contribution in [0.5, 0.6) is 12.0 Å². The Morgan fingerprint density at radius 2 is 2.19 bits per heavy atom. The van der Waals surface area contributed by atoms with Crippen molar-refractivity contribution in [1.29, 1.82) is 0 Å². The van der Waals surface area contributed by atoms with Gasteiger partial charge in [-0.15, -0.1) is 0 Å². The van der Waals surface area contributed by atoms with Gasteiger partial charge in [0, 0.05) is 13.0 Å². The Kier molecular flexibility index (Phi) is 6.03. The van der Waals surface area contributed by atoms with Crippen molar-refractivity contribution in [2.24, 2.45) is 5.92 Å². The molecule has 3 rings (SSSR count). The SMILES string of the molecule is C=C1CC(CCn2c(OC)nc3c(N)nc(O[C@H](C)CCC)nc32)CCO1. The van der Waals surface area contributed by atoms with Crippen molar-refractivity contribution < 1.29 is 14.2 Å². The molecular weight excluding hydrogens is 346 g/mol. The molecule has 2 N–H and O–H groups in total. The normalized spacial score (nSPS) is 18.3. The summed E-state index contributed by atoms with van der Waals surface area (Å²) in [7, 11) is 1.60. The number of fused-ring (bicyclic) bond motifs is 1. The Hall–Kier alpha value is -2.51. The lowest BCUT2D eigenvalue weighted by Gasteiger charge is -2.24. The van der Waals surface area contributed by atoms with E-state index < -0.39 is 0 Å². The van der Waals surface area contributed by atoms with Gasteiger partial charge in [-0.3, -0.25) is 4.57 Å². The van der Waals surface area contributed by atoms with Gasteiger partial charge in [0.15, 0.2) is 17.0 Å². The standard InChI is InChI=1S/C19H29N5O3/c1-5-6-12(2)27-18-22-16(20)15-17(23-18)24(19(21-15)25-4)9-7-14-8-10-26-13(3)11-14/h12,14H,3,5-11H2,1-2,4H3,(H2,20,22,23)/t12-,14?/m1/s1. The number of nitrogens with zero attached hydrogens (tertiary/aromatic N) is 4. The first-order valence-electron chi connectivity index (χ1n) is 9.56. The predicted molar refractivity (Wildman–Crippen MR) is 104 cm³/mol. The van der Waals surface area contributed by atoms with Crippen LogP contribution in [-0.4, -0.2) is 39.3 Å². The van der Waals surface area contributed by atoms with E-state index in [4.69, 9.17) is 19.9 Å². The van der Waals surface area contributed by atoms with Crippen molar-refractivity contribution in [3.05, 3.63) is 12.3 Å². The van der Waals surface area contributed by atoms with Crippen LogP contribution >= 0.6 is 0 Å². The van der Waals surface area contributed by atoms with Gasteiger partial charge in [0.25, 0.3) is 6.01 Å². The van der Waals surface area contributed by atoms with Crippen molar-refractivity contribution in [1.82, 2.24) is 19.5 Å². The molecule has 0 radical (unpaired) electrons. The molecule has 1 fully saturated rings. The van der Waals surface area contributed by atoms with Crippen LogP contribution in [0.1, 0.15) is 46.0 Å². The van der Waals surface area contributed by atoms with Gasteiger partial charge in [-0.1, -0.05) is 19.9 Å². The molecule has 2 aromatic rings. The minimum Gasteiger partial charge on any atom is -0.499 e. The Labute approximate surface area is 159 Å². The van der Waals surface area contributed by atoms with Gasteiger partial charge in [0.2, 0.25) is 0 Å². The van der Waals surface area contributed by atoms with E-state index in [1.807, 2.05) is 11.5 Å². The Morgan fingerprint density at radius 3 is 2.89 bits per heavy atom. The number of anilines is 1. The van der Waals surface area contributed by atoms with E-state index in [1.165, 1.54) is 0 Å². The first-order chi connectivity index (χ1) is 13.0. The second-order valence-corrected chi connectivity index (χ2v) is 7.07. The van der Waals surface area contributed by atoms with Gasteiger partial charge in [-0.25, -0.2) is 0 Å². The molecule has 3 heterocycles. The highest BCUT2D eigenvalue weighted by molar-refractivity contribution is 5.83. The predicted octanol–water partition coefficient (Wildman–Crippen LogP) is 3.31. The molecule has 0 aromatic carbocycles. The first-order valence-corrected chi connectivity index (χ1v) is 9.56. The van der Waals surface area contributed by atoms with E-state index in [-0.39, 0.29) is 12.1 Å². The molecule has 0 bridgehead atoms. The van der Waals surface area contributed by atoms with Crippen LogP contribution in [0.4, 0.5) is 5.82 Å². The zero-order chi connectivity index (χ0) is 19.4. The fourth-order valence-electron chi connectivity index (χ4n) is 3.45. The van der Waals surface area contributed by atoms with Crippen molar-refractivity contribution in [3.63, 3.8) is 0 Å². The largest absolute Gasteiger partial charge is 0.499 e. The second-order valence-electron chi connectivity index (χ2n) is 7.07. The van der Waals surface area contributed by atoms with Crippen LogP contribution in [0.3, 0.4) is 0 Å². The number of nitrogen functional groups attached to an aromatic ring is 1. The van der Waals surface area contributed by atoms with Crippen LogP contribution in [0.15, 0.2) is 12.3 Å². The topological polar surface area (TPSA) is 97.3 Å². The Balaban J connectivity index is 1.85. The summed E-state index contributed by atoms with van der Waals surface area (Å²) in [5, 5.41) is 0. The first kappa shape index (κ1) is 19.3. The van der Waals surface area contributed by atoms with Gasteiger partial charge in [-0.2, -0.15) is 15.0 Å². The third-order valence-electron chi connectivity index (χ3n) is 4.86. The molecule has 148 valence electrons. The van der Waals surface area contributed by atoms with E-state index in [9.17, 15) is 0 Å². The average Bonchev–Trinajstić information content (AvgIpc) is 2.98. The third kappa shape index (κ3) is 4.43. The van der Waals surface area contributed by atoms with Gasteiger partial charge >= 0.3 is 6.01 Å². The van der Waals surface area contributed by atoms with Crippen LogP contribution in [0.2, 0.25) is 0 Å². The number of aryl methyl sites for hydroxylation is 1. The molecule has 1 aliphatic heterocycles. The van der Waals surface area contributed by atoms with Gasteiger partial charge in [0.1, 0.15) is 0 Å². The van der Waals surface area contributed by atoms with E-state index in [2.05, 4.69) is 28.5 Å². The van der Waals surface area contributed by atoms with Crippen molar-refractivity contribution in [2.75, 3.05) is 19.5 Å². The van der Waals surface area contributed by atoms with E-state index >= 15 is 0 Å². The summed E-state index contributed by atoms with van der Waals surface area (Å²) in [5.74, 6) is 1.68. The number of ether oxygens (including phenoxy) is 3. The van der Waals surface area contributed by atoms with Crippen LogP contribution in [0, 0.1) is 5.92 Å². The zero-order valence-corrected chi connectivity index (χ0v) is 16.4. The molecular formula is C19H29N5O3. The number of rotatable bonds is 8. The fraction of sp³-hybridized carbons (Fsp3) is 0.632. The van der Waals surface area contributed by atoms with Crippen molar-refractivity contribution in [2.45, 2.75) is 58.6 Å². The molecule has 0 aliphatic carbocycles. The zero-order valence-electron chi connectivity index (χ0n) is 16.4. The average molecular weight is 375 g/mol. The molecule has 0 saturated carbocycles. The van der Waals surface area contributed by atoms with Crippen LogP contribution in [0.25, 0.3) is 11.2 Å². The minimum atomic E-state index is 0.0263. The highest BCUT2D eigenvalue weighted by Gasteiger charge is 2.21. The number of hydrogen-bond acceptors (Lipinski definition) is 7. The highest BCUT2D eigenvalue weighted by atomic mass is 16.5. The minimum absolute atomic E-state index is 0.0263. The molecule has 0 amide bonds. The number of imidazole rings is 1. The quantitative estimate of drug-likeness (QED) is 0.756. The van der Waals surface area contributed by atoms with E-state index in [0.717, 1.165) is 51.0 Å². The Bertz CT molecular complexity index is 804. The molecule has 2 atom stereocenters. The summed E-state index contributed by atoms with van der Waals surface area (Å²) >= 11 is 0. The molecule has 8 heteroatoms. The van der Waals surface area contributed by atoms with Crippen molar-refractivity contribution >= 4 is 17.0 Å². The van der Waals surface area contributed by atoms with Gasteiger partial charge in [0.05, 0.1) is 25.6 Å². The highest BCUT2D eigenvalue weighted by Crippen LogP contribution is 2.29. The molecule has 8 nitrogen and oxygen atoms in total. The molecule has 1 aliphatic rings. The number of hydrogen-bond donors (Lipinski definition) is 1. The second kappa shape index (κ2) is 8.45. The summed E-state index contributed by atoms with van der Waals surface area (Å²) < 4.78 is 18.7. The molecule has 0 spiro atoms. The van der Waals surface area contributed by atoms with E-state index in [0.29, 0.717) is 28.9 Å². The maximum Gasteiger partial charge on any atom is 0.320 e. The molecule has 1 saturated heterocycles. The lowest BCUT2D eigenvalue weighted by Crippen LogP contribution is -2.16. The lowest BCUT2D eigenvalue weighted by molar-refractivity contribution is 0.127.